The van der Waals surface area contributed by atoms with Gasteiger partial charge in [0.2, 0.25) is 0 Å². The van der Waals surface area contributed by atoms with Crippen LogP contribution in [0, 0.1) is 0 Å². The standard InChI is InChI=1S/C17H26N2O/c1-17(2)12-15(8-11-20-17)19-10-9-18-16(13-19)14-6-4-3-5-7-14/h3-7,15-16,18H,8-13H2,1-2H3. The molecule has 3 nitrogen and oxygen atoms in total. The summed E-state index contributed by atoms with van der Waals surface area (Å²) in [5, 5.41) is 3.65. The Labute approximate surface area is 122 Å². The Morgan fingerprint density at radius 1 is 1.25 bits per heavy atom. The van der Waals surface area contributed by atoms with Gasteiger partial charge in [-0.05, 0) is 32.3 Å². The lowest BCUT2D eigenvalue weighted by Crippen LogP contribution is -2.53. The monoisotopic (exact) mass is 274 g/mol. The van der Waals surface area contributed by atoms with Gasteiger partial charge in [0.25, 0.3) is 0 Å². The number of nitrogens with zero attached hydrogens (tertiary/aromatic N) is 1. The molecule has 2 heterocycles. The molecule has 0 aliphatic carbocycles. The van der Waals surface area contributed by atoms with Crippen LogP contribution in [0.5, 0.6) is 0 Å². The third-order valence-electron chi connectivity index (χ3n) is 4.60. The van der Waals surface area contributed by atoms with Gasteiger partial charge in [0.15, 0.2) is 0 Å². The van der Waals surface area contributed by atoms with E-state index >= 15 is 0 Å². The van der Waals surface area contributed by atoms with Gasteiger partial charge in [-0.15, -0.1) is 0 Å². The highest BCUT2D eigenvalue weighted by atomic mass is 16.5. The molecule has 2 saturated heterocycles. The van der Waals surface area contributed by atoms with Gasteiger partial charge in [0.1, 0.15) is 0 Å². The normalized spacial score (nSPS) is 31.1. The highest BCUT2D eigenvalue weighted by molar-refractivity contribution is 5.20. The SMILES string of the molecule is CC1(C)CC(N2CCNC(c3ccccc3)C2)CCO1. The van der Waals surface area contributed by atoms with Crippen LogP contribution >= 0.6 is 0 Å². The minimum atomic E-state index is 0.0377. The number of piperazine rings is 1. The lowest BCUT2D eigenvalue weighted by molar-refractivity contribution is -0.0862. The quantitative estimate of drug-likeness (QED) is 0.897. The zero-order valence-electron chi connectivity index (χ0n) is 12.6. The van der Waals surface area contributed by atoms with E-state index in [4.69, 9.17) is 4.74 Å². The number of nitrogens with one attached hydrogen (secondary N) is 1. The molecule has 2 atom stereocenters. The highest BCUT2D eigenvalue weighted by Crippen LogP contribution is 2.29. The van der Waals surface area contributed by atoms with Gasteiger partial charge < -0.3 is 10.1 Å². The van der Waals surface area contributed by atoms with E-state index in [1.807, 2.05) is 0 Å². The van der Waals surface area contributed by atoms with Crippen molar-refractivity contribution in [3.05, 3.63) is 35.9 Å². The van der Waals surface area contributed by atoms with Crippen LogP contribution in [0.4, 0.5) is 0 Å². The minimum absolute atomic E-state index is 0.0377. The number of hydrogen-bond donors (Lipinski definition) is 1. The summed E-state index contributed by atoms with van der Waals surface area (Å²) in [4.78, 5) is 2.67. The van der Waals surface area contributed by atoms with Crippen LogP contribution in [0.15, 0.2) is 30.3 Å². The zero-order chi connectivity index (χ0) is 14.0. The van der Waals surface area contributed by atoms with E-state index in [1.54, 1.807) is 0 Å². The minimum Gasteiger partial charge on any atom is -0.375 e. The molecule has 0 radical (unpaired) electrons. The van der Waals surface area contributed by atoms with Crippen LogP contribution in [0.2, 0.25) is 0 Å². The summed E-state index contributed by atoms with van der Waals surface area (Å²) in [6.45, 7) is 8.69. The van der Waals surface area contributed by atoms with Gasteiger partial charge in [-0.25, -0.2) is 0 Å². The Hall–Kier alpha value is -0.900. The number of benzene rings is 1. The maximum Gasteiger partial charge on any atom is 0.0641 e. The molecule has 3 rings (SSSR count). The van der Waals surface area contributed by atoms with E-state index < -0.39 is 0 Å². The zero-order valence-corrected chi connectivity index (χ0v) is 12.6. The third kappa shape index (κ3) is 3.22. The van der Waals surface area contributed by atoms with E-state index in [1.165, 1.54) is 12.0 Å². The molecule has 2 unspecified atom stereocenters. The van der Waals surface area contributed by atoms with Crippen LogP contribution in [-0.2, 0) is 4.74 Å². The van der Waals surface area contributed by atoms with Gasteiger partial charge in [-0.1, -0.05) is 30.3 Å². The summed E-state index contributed by atoms with van der Waals surface area (Å²) in [5.41, 5.74) is 1.44. The lowest BCUT2D eigenvalue weighted by Gasteiger charge is -2.44. The van der Waals surface area contributed by atoms with Crippen molar-refractivity contribution in [3.63, 3.8) is 0 Å². The van der Waals surface area contributed by atoms with E-state index in [2.05, 4.69) is 54.4 Å². The predicted molar refractivity (Wildman–Crippen MR) is 81.8 cm³/mol. The van der Waals surface area contributed by atoms with Gasteiger partial charge in [-0.3, -0.25) is 4.90 Å². The van der Waals surface area contributed by atoms with Crippen LogP contribution in [-0.4, -0.2) is 42.8 Å². The molecule has 2 aliphatic heterocycles. The smallest absolute Gasteiger partial charge is 0.0641 e. The fourth-order valence-electron chi connectivity index (χ4n) is 3.52. The van der Waals surface area contributed by atoms with E-state index in [-0.39, 0.29) is 5.60 Å². The first-order valence-electron chi connectivity index (χ1n) is 7.80. The summed E-state index contributed by atoms with van der Waals surface area (Å²) < 4.78 is 5.86. The Kier molecular flexibility index (Phi) is 4.11. The van der Waals surface area contributed by atoms with Crippen molar-refractivity contribution in [2.24, 2.45) is 0 Å². The molecular formula is C17H26N2O. The van der Waals surface area contributed by atoms with Crippen LogP contribution in [0.1, 0.15) is 38.3 Å². The molecule has 2 aliphatic rings. The van der Waals surface area contributed by atoms with E-state index in [0.717, 1.165) is 32.7 Å². The van der Waals surface area contributed by atoms with Gasteiger partial charge in [0.05, 0.1) is 5.60 Å². The molecule has 0 saturated carbocycles. The largest absolute Gasteiger partial charge is 0.375 e. The first-order valence-corrected chi connectivity index (χ1v) is 7.80. The first kappa shape index (κ1) is 14.1. The predicted octanol–water partition coefficient (Wildman–Crippen LogP) is 2.59. The fourth-order valence-corrected chi connectivity index (χ4v) is 3.52. The van der Waals surface area contributed by atoms with Crippen molar-refractivity contribution < 1.29 is 4.74 Å². The lowest BCUT2D eigenvalue weighted by atomic mass is 9.91. The Morgan fingerprint density at radius 2 is 2.05 bits per heavy atom. The van der Waals surface area contributed by atoms with Gasteiger partial charge in [0, 0.05) is 38.3 Å². The van der Waals surface area contributed by atoms with Gasteiger partial charge in [-0.2, -0.15) is 0 Å². The molecule has 1 N–H and O–H groups in total. The van der Waals surface area contributed by atoms with Gasteiger partial charge >= 0.3 is 0 Å². The second-order valence-corrected chi connectivity index (χ2v) is 6.67. The molecule has 1 aromatic carbocycles. The maximum atomic E-state index is 5.86. The molecule has 0 bridgehead atoms. The molecule has 1 aromatic rings. The van der Waals surface area contributed by atoms with E-state index in [9.17, 15) is 0 Å². The Morgan fingerprint density at radius 3 is 2.80 bits per heavy atom. The highest BCUT2D eigenvalue weighted by Gasteiger charge is 2.34. The fraction of sp³-hybridized carbons (Fsp3) is 0.647. The molecule has 3 heteroatoms. The van der Waals surface area contributed by atoms with Crippen molar-refractivity contribution in [2.45, 2.75) is 44.4 Å². The first-order chi connectivity index (χ1) is 9.64. The van der Waals surface area contributed by atoms with Crippen molar-refractivity contribution in [1.29, 1.82) is 0 Å². The molecule has 20 heavy (non-hydrogen) atoms. The summed E-state index contributed by atoms with van der Waals surface area (Å²) in [6, 6.07) is 12.0. The van der Waals surface area contributed by atoms with E-state index in [0.29, 0.717) is 12.1 Å². The Balaban J connectivity index is 1.66. The number of rotatable bonds is 2. The molecule has 0 spiro atoms. The van der Waals surface area contributed by atoms with Crippen LogP contribution in [0.3, 0.4) is 0 Å². The average molecular weight is 274 g/mol. The van der Waals surface area contributed by atoms with Crippen molar-refractivity contribution in [2.75, 3.05) is 26.2 Å². The number of ether oxygens (including phenoxy) is 1. The topological polar surface area (TPSA) is 24.5 Å². The second kappa shape index (κ2) is 5.84. The molecule has 0 aromatic heterocycles. The summed E-state index contributed by atoms with van der Waals surface area (Å²) >= 11 is 0. The Bertz CT molecular complexity index is 432. The third-order valence-corrected chi connectivity index (χ3v) is 4.60. The van der Waals surface area contributed by atoms with Crippen molar-refractivity contribution in [1.82, 2.24) is 10.2 Å². The van der Waals surface area contributed by atoms with Crippen LogP contribution in [0.25, 0.3) is 0 Å². The van der Waals surface area contributed by atoms with Crippen LogP contribution < -0.4 is 5.32 Å². The average Bonchev–Trinajstić information content (AvgIpc) is 2.47. The summed E-state index contributed by atoms with van der Waals surface area (Å²) in [6.07, 6.45) is 2.32. The molecule has 2 fully saturated rings. The molecule has 0 amide bonds. The molecule has 110 valence electrons. The summed E-state index contributed by atoms with van der Waals surface area (Å²) in [7, 11) is 0. The summed E-state index contributed by atoms with van der Waals surface area (Å²) in [5.74, 6) is 0. The van der Waals surface area contributed by atoms with Crippen molar-refractivity contribution in [3.8, 4) is 0 Å². The number of hydrogen-bond acceptors (Lipinski definition) is 3. The molecular weight excluding hydrogens is 248 g/mol. The second-order valence-electron chi connectivity index (χ2n) is 6.67. The van der Waals surface area contributed by atoms with Crippen molar-refractivity contribution >= 4 is 0 Å². The maximum absolute atomic E-state index is 5.86.